The number of piperidine rings is 1. The van der Waals surface area contributed by atoms with Gasteiger partial charge in [0, 0.05) is 31.7 Å². The van der Waals surface area contributed by atoms with Gasteiger partial charge in [-0.25, -0.2) is 4.79 Å². The van der Waals surface area contributed by atoms with Crippen molar-refractivity contribution in [3.63, 3.8) is 0 Å². The van der Waals surface area contributed by atoms with Crippen LogP contribution >= 0.6 is 0 Å². The smallest absolute Gasteiger partial charge is 0.450 e. The van der Waals surface area contributed by atoms with E-state index in [0.29, 0.717) is 38.6 Å². The molecule has 0 aromatic carbocycles. The van der Waals surface area contributed by atoms with Gasteiger partial charge in [0.1, 0.15) is 0 Å². The molecule has 0 aromatic heterocycles. The van der Waals surface area contributed by atoms with Crippen molar-refractivity contribution in [3.05, 3.63) is 0 Å². The predicted octanol–water partition coefficient (Wildman–Crippen LogP) is 3.26. The average Bonchev–Trinajstić information content (AvgIpc) is 3.04. The highest BCUT2D eigenvalue weighted by Gasteiger charge is 2.47. The summed E-state index contributed by atoms with van der Waals surface area (Å²) in [6.07, 6.45) is 0.781. The predicted molar refractivity (Wildman–Crippen MR) is 101 cm³/mol. The number of hydrogen-bond acceptors (Lipinski definition) is 4. The molecule has 0 saturated carbocycles. The second kappa shape index (κ2) is 9.53. The zero-order chi connectivity index (χ0) is 21.0. The molecule has 6 nitrogen and oxygen atoms in total. The van der Waals surface area contributed by atoms with Crippen LogP contribution in [0.2, 0.25) is 0 Å². The Morgan fingerprint density at radius 1 is 0.931 bits per heavy atom. The molecule has 166 valence electrons. The molecule has 3 aliphatic heterocycles. The van der Waals surface area contributed by atoms with E-state index in [4.69, 9.17) is 4.74 Å². The Kier molecular flexibility index (Phi) is 7.29. The third kappa shape index (κ3) is 5.35. The number of rotatable bonds is 3. The van der Waals surface area contributed by atoms with Crippen molar-refractivity contribution in [1.29, 1.82) is 0 Å². The minimum atomic E-state index is -4.78. The number of carbonyl (C=O) groups excluding carboxylic acids is 2. The third-order valence-corrected chi connectivity index (χ3v) is 6.66. The third-order valence-electron chi connectivity index (χ3n) is 6.66. The van der Waals surface area contributed by atoms with Crippen molar-refractivity contribution in [3.8, 4) is 0 Å². The highest BCUT2D eigenvalue weighted by molar-refractivity contribution is 5.82. The molecule has 3 rings (SSSR count). The lowest BCUT2D eigenvalue weighted by Crippen LogP contribution is -2.50. The van der Waals surface area contributed by atoms with E-state index < -0.39 is 12.1 Å². The molecule has 3 aliphatic rings. The molecular formula is C20H32F3N3O3. The molecule has 2 unspecified atom stereocenters. The number of likely N-dealkylation sites (tertiary alicyclic amines) is 3. The molecule has 9 heteroatoms. The van der Waals surface area contributed by atoms with Crippen LogP contribution in [0.15, 0.2) is 0 Å². The summed E-state index contributed by atoms with van der Waals surface area (Å²) in [6, 6.07) is 0.117. The molecule has 0 aromatic rings. The van der Waals surface area contributed by atoms with Gasteiger partial charge in [-0.2, -0.15) is 13.2 Å². The van der Waals surface area contributed by atoms with E-state index in [2.05, 4.69) is 4.90 Å². The molecule has 3 saturated heterocycles. The van der Waals surface area contributed by atoms with E-state index in [1.54, 1.807) is 11.8 Å². The Bertz CT molecular complexity index is 579. The van der Waals surface area contributed by atoms with E-state index >= 15 is 0 Å². The lowest BCUT2D eigenvalue weighted by Gasteiger charge is -2.41. The zero-order valence-electron chi connectivity index (χ0n) is 17.1. The summed E-state index contributed by atoms with van der Waals surface area (Å²) in [6.45, 7) is 5.48. The van der Waals surface area contributed by atoms with Crippen LogP contribution in [0.5, 0.6) is 0 Å². The highest BCUT2D eigenvalue weighted by Crippen LogP contribution is 2.35. The van der Waals surface area contributed by atoms with Crippen LogP contribution in [0.4, 0.5) is 18.0 Å². The van der Waals surface area contributed by atoms with Crippen LogP contribution in [-0.2, 0) is 9.53 Å². The van der Waals surface area contributed by atoms with Gasteiger partial charge in [0.15, 0.2) is 0 Å². The Balaban J connectivity index is 1.50. The molecule has 0 aliphatic carbocycles. The topological polar surface area (TPSA) is 53.1 Å². The molecule has 0 bridgehead atoms. The lowest BCUT2D eigenvalue weighted by atomic mass is 9.87. The van der Waals surface area contributed by atoms with E-state index in [1.165, 1.54) is 0 Å². The number of amides is 2. The molecule has 0 spiro atoms. The highest BCUT2D eigenvalue weighted by atomic mass is 19.4. The van der Waals surface area contributed by atoms with E-state index in [-0.39, 0.29) is 24.6 Å². The Labute approximate surface area is 170 Å². The van der Waals surface area contributed by atoms with Crippen LogP contribution in [0.3, 0.4) is 0 Å². The quantitative estimate of drug-likeness (QED) is 0.705. The van der Waals surface area contributed by atoms with Crippen molar-refractivity contribution in [2.24, 2.45) is 5.92 Å². The Morgan fingerprint density at radius 2 is 1.62 bits per heavy atom. The number of hydrogen-bond donors (Lipinski definition) is 0. The lowest BCUT2D eigenvalue weighted by molar-refractivity contribution is -0.187. The maximum absolute atomic E-state index is 12.9. The molecule has 2 atom stereocenters. The van der Waals surface area contributed by atoms with Crippen molar-refractivity contribution in [1.82, 2.24) is 14.7 Å². The number of halogens is 3. The first-order chi connectivity index (χ1) is 13.8. The SMILES string of the molecule is CCOC(=O)N1CCCC(N2CCC(C3CCCN3C(=O)C(F)(F)F)CC2)CC1. The van der Waals surface area contributed by atoms with E-state index in [9.17, 15) is 22.8 Å². The summed E-state index contributed by atoms with van der Waals surface area (Å²) in [4.78, 5) is 29.0. The van der Waals surface area contributed by atoms with Crippen LogP contribution in [0.25, 0.3) is 0 Å². The first-order valence-corrected chi connectivity index (χ1v) is 10.8. The van der Waals surface area contributed by atoms with Crippen LogP contribution < -0.4 is 0 Å². The number of ether oxygens (including phenoxy) is 1. The van der Waals surface area contributed by atoms with Crippen molar-refractivity contribution >= 4 is 12.0 Å². The fraction of sp³-hybridized carbons (Fsp3) is 0.900. The van der Waals surface area contributed by atoms with Gasteiger partial charge in [0.2, 0.25) is 0 Å². The number of carbonyl (C=O) groups is 2. The average molecular weight is 419 g/mol. The van der Waals surface area contributed by atoms with Gasteiger partial charge in [0.05, 0.1) is 6.61 Å². The minimum absolute atomic E-state index is 0.141. The van der Waals surface area contributed by atoms with Crippen LogP contribution in [-0.4, -0.2) is 84.3 Å². The number of nitrogens with zero attached hydrogens (tertiary/aromatic N) is 3. The largest absolute Gasteiger partial charge is 0.471 e. The van der Waals surface area contributed by atoms with Gasteiger partial charge < -0.3 is 19.4 Å². The van der Waals surface area contributed by atoms with Crippen molar-refractivity contribution < 1.29 is 27.5 Å². The van der Waals surface area contributed by atoms with Crippen LogP contribution in [0, 0.1) is 5.92 Å². The van der Waals surface area contributed by atoms with Gasteiger partial charge in [-0.15, -0.1) is 0 Å². The van der Waals surface area contributed by atoms with Gasteiger partial charge in [-0.1, -0.05) is 0 Å². The Morgan fingerprint density at radius 3 is 2.28 bits per heavy atom. The summed E-state index contributed by atoms with van der Waals surface area (Å²) in [5.74, 6) is -1.54. The second-order valence-electron chi connectivity index (χ2n) is 8.35. The van der Waals surface area contributed by atoms with Crippen molar-refractivity contribution in [2.45, 2.75) is 70.1 Å². The monoisotopic (exact) mass is 419 g/mol. The maximum atomic E-state index is 12.9. The number of alkyl halides is 3. The molecule has 29 heavy (non-hydrogen) atoms. The summed E-state index contributed by atoms with van der Waals surface area (Å²) in [5, 5.41) is 0. The zero-order valence-corrected chi connectivity index (χ0v) is 17.1. The molecule has 3 heterocycles. The van der Waals surface area contributed by atoms with Gasteiger partial charge in [0.25, 0.3) is 0 Å². The standard InChI is InChI=1S/C20H32F3N3O3/c1-2-29-19(28)25-10-3-5-16(9-14-25)24-12-7-15(8-13-24)17-6-4-11-26(17)18(27)20(21,22)23/h15-17H,2-14H2,1H3. The fourth-order valence-electron chi connectivity index (χ4n) is 5.21. The molecular weight excluding hydrogens is 387 g/mol. The van der Waals surface area contributed by atoms with Gasteiger partial charge >= 0.3 is 18.2 Å². The van der Waals surface area contributed by atoms with Gasteiger partial charge in [-0.05, 0) is 70.9 Å². The van der Waals surface area contributed by atoms with Gasteiger partial charge in [-0.3, -0.25) is 4.79 Å². The molecule has 3 fully saturated rings. The molecule has 0 radical (unpaired) electrons. The normalized spacial score (nSPS) is 27.7. The molecule has 0 N–H and O–H groups in total. The summed E-state index contributed by atoms with van der Waals surface area (Å²) < 4.78 is 43.8. The second-order valence-corrected chi connectivity index (χ2v) is 8.35. The minimum Gasteiger partial charge on any atom is -0.450 e. The van der Waals surface area contributed by atoms with E-state index in [0.717, 1.165) is 50.1 Å². The summed E-state index contributed by atoms with van der Waals surface area (Å²) >= 11 is 0. The first kappa shape index (κ1) is 22.2. The summed E-state index contributed by atoms with van der Waals surface area (Å²) in [7, 11) is 0. The van der Waals surface area contributed by atoms with Crippen molar-refractivity contribution in [2.75, 3.05) is 39.3 Å². The van der Waals surface area contributed by atoms with Crippen LogP contribution in [0.1, 0.15) is 51.9 Å². The first-order valence-electron chi connectivity index (χ1n) is 10.8. The molecule has 2 amide bonds. The summed E-state index contributed by atoms with van der Waals surface area (Å²) in [5.41, 5.74) is 0. The van der Waals surface area contributed by atoms with E-state index in [1.807, 2.05) is 0 Å². The maximum Gasteiger partial charge on any atom is 0.471 e. The fourth-order valence-corrected chi connectivity index (χ4v) is 5.21. The Hall–Kier alpha value is -1.51.